The van der Waals surface area contributed by atoms with Crippen LogP contribution in [0.4, 0.5) is 0 Å². The molecule has 2 aliphatic rings. The van der Waals surface area contributed by atoms with Crippen molar-refractivity contribution in [3.05, 3.63) is 222 Å². The molecule has 0 radical (unpaired) electrons. The molecule has 3 nitrogen and oxygen atoms in total. The number of fused-ring (bicyclic) bond motifs is 15. The second kappa shape index (κ2) is 11.9. The van der Waals surface area contributed by atoms with Crippen molar-refractivity contribution < 1.29 is 0 Å². The highest BCUT2D eigenvalue weighted by Gasteiger charge is 2.50. The number of pyridine rings is 1. The first-order valence-electron chi connectivity index (χ1n) is 19.9. The van der Waals surface area contributed by atoms with E-state index < -0.39 is 5.41 Å². The lowest BCUT2D eigenvalue weighted by molar-refractivity contribution is 0.691. The zero-order chi connectivity index (χ0) is 38.0. The van der Waals surface area contributed by atoms with E-state index in [0.717, 1.165) is 33.7 Å². The molecule has 2 aliphatic heterocycles. The third kappa shape index (κ3) is 4.17. The van der Waals surface area contributed by atoms with Gasteiger partial charge in [-0.15, -0.1) is 0 Å². The first-order chi connectivity index (χ1) is 28.8. The Morgan fingerprint density at radius 1 is 0.397 bits per heavy atom. The first-order valence-corrected chi connectivity index (χ1v) is 20.7. The average molecular weight is 756 g/mol. The fourth-order valence-corrected chi connectivity index (χ4v) is 11.6. The van der Waals surface area contributed by atoms with E-state index in [2.05, 4.69) is 209 Å². The largest absolute Gasteiger partial charge is 0.309 e. The van der Waals surface area contributed by atoms with Gasteiger partial charge in [0.15, 0.2) is 0 Å². The first kappa shape index (κ1) is 32.0. The van der Waals surface area contributed by atoms with E-state index in [1.165, 1.54) is 75.8 Å². The lowest BCUT2D eigenvalue weighted by Crippen LogP contribution is -2.37. The van der Waals surface area contributed by atoms with Crippen molar-refractivity contribution in [2.45, 2.75) is 15.2 Å². The predicted molar refractivity (Wildman–Crippen MR) is 240 cm³/mol. The number of hydrogen-bond donors (Lipinski definition) is 0. The number of hydrogen-bond acceptors (Lipinski definition) is 2. The lowest BCUT2D eigenvalue weighted by atomic mass is 9.62. The van der Waals surface area contributed by atoms with E-state index >= 15 is 0 Å². The summed E-state index contributed by atoms with van der Waals surface area (Å²) in [7, 11) is 0. The Labute approximate surface area is 339 Å². The van der Waals surface area contributed by atoms with E-state index in [9.17, 15) is 0 Å². The van der Waals surface area contributed by atoms with Crippen molar-refractivity contribution in [3.8, 4) is 33.9 Å². The molecule has 11 aromatic rings. The Hall–Kier alpha value is -7.14. The van der Waals surface area contributed by atoms with Gasteiger partial charge in [-0.2, -0.15) is 0 Å². The summed E-state index contributed by atoms with van der Waals surface area (Å²) < 4.78 is 4.97. The molecule has 1 unspecified atom stereocenters. The Morgan fingerprint density at radius 3 is 1.79 bits per heavy atom. The van der Waals surface area contributed by atoms with Gasteiger partial charge in [0.2, 0.25) is 0 Å². The molecule has 4 heteroatoms. The molecule has 8 aromatic carbocycles. The third-order valence-electron chi connectivity index (χ3n) is 12.6. The van der Waals surface area contributed by atoms with Crippen LogP contribution in [0.3, 0.4) is 0 Å². The molecule has 0 amide bonds. The van der Waals surface area contributed by atoms with Crippen molar-refractivity contribution in [1.82, 2.24) is 14.1 Å². The monoisotopic (exact) mass is 755 g/mol. The maximum Gasteiger partial charge on any atom is 0.138 e. The molecule has 0 saturated heterocycles. The van der Waals surface area contributed by atoms with Crippen molar-refractivity contribution in [2.75, 3.05) is 0 Å². The fraction of sp³-hybridized carbons (Fsp3) is 0.0185. The minimum Gasteiger partial charge on any atom is -0.309 e. The van der Waals surface area contributed by atoms with Crippen LogP contribution in [0, 0.1) is 0 Å². The minimum absolute atomic E-state index is 0.582. The van der Waals surface area contributed by atoms with Crippen LogP contribution in [0.25, 0.3) is 77.5 Å². The molecule has 0 bridgehead atoms. The van der Waals surface area contributed by atoms with Gasteiger partial charge in [-0.05, 0) is 69.8 Å². The summed E-state index contributed by atoms with van der Waals surface area (Å²) in [6.07, 6.45) is 0. The van der Waals surface area contributed by atoms with Gasteiger partial charge >= 0.3 is 0 Å². The van der Waals surface area contributed by atoms with Gasteiger partial charge in [-0.1, -0.05) is 176 Å². The zero-order valence-corrected chi connectivity index (χ0v) is 32.1. The maximum absolute atomic E-state index is 5.54. The lowest BCUT2D eigenvalue weighted by Gasteiger charge is -2.45. The topological polar surface area (TPSA) is 22.8 Å². The third-order valence-corrected chi connectivity index (χ3v) is 13.8. The number of aromatic nitrogens is 3. The highest BCUT2D eigenvalue weighted by atomic mass is 32.2. The molecule has 13 rings (SSSR count). The predicted octanol–water partition coefficient (Wildman–Crippen LogP) is 13.8. The standard InChI is InChI=1S/C54H33N3S/c1-3-16-34(17-4-1)36-32-45(35-18-5-2-6-19-35)55-50(33-36)57-47-27-12-8-21-38(47)40-30-31-44-53(52(40)57)58-49-29-14-10-24-42(49)54(44)41-23-9-13-28-48(41)56-46-26-11-7-20-37(46)39-22-15-25-43(54)51(39)56/h1-33H. The van der Waals surface area contributed by atoms with Gasteiger partial charge < -0.3 is 4.57 Å². The molecule has 270 valence electrons. The molecule has 1 atom stereocenters. The Balaban J connectivity index is 1.20. The van der Waals surface area contributed by atoms with E-state index in [0.29, 0.717) is 0 Å². The number of benzene rings is 8. The molecule has 1 spiro atoms. The van der Waals surface area contributed by atoms with Crippen LogP contribution >= 0.6 is 11.8 Å². The summed E-state index contributed by atoms with van der Waals surface area (Å²) in [6.45, 7) is 0. The molecule has 3 aromatic heterocycles. The van der Waals surface area contributed by atoms with Crippen LogP contribution < -0.4 is 0 Å². The van der Waals surface area contributed by atoms with Gasteiger partial charge in [-0.3, -0.25) is 4.57 Å². The summed E-state index contributed by atoms with van der Waals surface area (Å²) in [5.41, 5.74) is 15.0. The number of nitrogens with zero attached hydrogens (tertiary/aromatic N) is 3. The normalized spacial score (nSPS) is 15.2. The van der Waals surface area contributed by atoms with Crippen LogP contribution in [0.2, 0.25) is 0 Å². The van der Waals surface area contributed by atoms with Crippen LogP contribution in [-0.4, -0.2) is 14.1 Å². The van der Waals surface area contributed by atoms with Gasteiger partial charge in [0.1, 0.15) is 5.82 Å². The van der Waals surface area contributed by atoms with Gasteiger partial charge in [0.05, 0.1) is 38.9 Å². The van der Waals surface area contributed by atoms with Gasteiger partial charge in [0, 0.05) is 36.9 Å². The molecular weight excluding hydrogens is 723 g/mol. The second-order valence-corrected chi connectivity index (χ2v) is 16.5. The van der Waals surface area contributed by atoms with Crippen molar-refractivity contribution in [2.24, 2.45) is 0 Å². The van der Waals surface area contributed by atoms with E-state index in [4.69, 9.17) is 4.98 Å². The summed E-state index contributed by atoms with van der Waals surface area (Å²) >= 11 is 1.90. The van der Waals surface area contributed by atoms with Crippen LogP contribution in [0.15, 0.2) is 210 Å². The van der Waals surface area contributed by atoms with Gasteiger partial charge in [-0.25, -0.2) is 4.98 Å². The molecule has 0 N–H and O–H groups in total. The number of para-hydroxylation sites is 4. The van der Waals surface area contributed by atoms with Crippen molar-refractivity contribution in [3.63, 3.8) is 0 Å². The molecule has 58 heavy (non-hydrogen) atoms. The summed E-state index contributed by atoms with van der Waals surface area (Å²) in [4.78, 5) is 8.07. The van der Waals surface area contributed by atoms with E-state index in [1.54, 1.807) is 0 Å². The quantitative estimate of drug-likeness (QED) is 0.179. The molecule has 0 aliphatic carbocycles. The van der Waals surface area contributed by atoms with Gasteiger partial charge in [0.25, 0.3) is 0 Å². The number of rotatable bonds is 3. The smallest absolute Gasteiger partial charge is 0.138 e. The van der Waals surface area contributed by atoms with E-state index in [-0.39, 0.29) is 0 Å². The zero-order valence-electron chi connectivity index (χ0n) is 31.3. The highest BCUT2D eigenvalue weighted by molar-refractivity contribution is 7.99. The van der Waals surface area contributed by atoms with Crippen LogP contribution in [-0.2, 0) is 5.41 Å². The maximum atomic E-state index is 5.54. The Bertz CT molecular complexity index is 3430. The summed E-state index contributed by atoms with van der Waals surface area (Å²) in [5.74, 6) is 0.902. The Morgan fingerprint density at radius 2 is 1.00 bits per heavy atom. The molecule has 0 fully saturated rings. The SMILES string of the molecule is c1ccc(-c2cc(-c3ccccc3)nc(-n3c4ccccc4c4ccc5c(c43)Sc3ccccc3C53c4ccccc4-n4c5ccccc5c5cccc3c54)c2)cc1. The molecule has 5 heterocycles. The van der Waals surface area contributed by atoms with Crippen LogP contribution in [0.5, 0.6) is 0 Å². The molecule has 0 saturated carbocycles. The minimum atomic E-state index is -0.582. The highest BCUT2D eigenvalue weighted by Crippen LogP contribution is 2.62. The second-order valence-electron chi connectivity index (χ2n) is 15.4. The molecular formula is C54H33N3S. The average Bonchev–Trinajstić information content (AvgIpc) is 3.82. The summed E-state index contributed by atoms with van der Waals surface area (Å²) in [5, 5.41) is 5.00. The van der Waals surface area contributed by atoms with Crippen molar-refractivity contribution in [1.29, 1.82) is 0 Å². The van der Waals surface area contributed by atoms with Crippen LogP contribution in [0.1, 0.15) is 22.3 Å². The fourth-order valence-electron chi connectivity index (χ4n) is 10.3. The van der Waals surface area contributed by atoms with E-state index in [1.807, 2.05) is 11.8 Å². The summed E-state index contributed by atoms with van der Waals surface area (Å²) in [6, 6.07) is 73.5. The Kier molecular flexibility index (Phi) is 6.59. The van der Waals surface area contributed by atoms with Crippen molar-refractivity contribution >= 4 is 55.4 Å².